The number of nitrogens with zero attached hydrogens (tertiary/aromatic N) is 1. The van der Waals surface area contributed by atoms with Crippen molar-refractivity contribution < 1.29 is 22.7 Å². The lowest BCUT2D eigenvalue weighted by Crippen LogP contribution is -2.45. The minimum Gasteiger partial charge on any atom is -0.380 e. The standard InChI is InChI=1S/C23H29NO5S/c1-22(2)14-6-7-23(22)11-30(27,28)24(16(23)9-14)21(26)19-15(10-29-3)20(25)18-13-5-4-12(8-13)17(18)19/h4-5,12-14,16-18H,6-11H2,1-3H3/t12-,13+,14+,16+,17+,18-,23+/m1/s1. The average Bonchev–Trinajstić information content (AvgIpc) is 3.45. The quantitative estimate of drug-likeness (QED) is 0.641. The number of hydrogen-bond donors (Lipinski definition) is 0. The highest BCUT2D eigenvalue weighted by atomic mass is 32.2. The van der Waals surface area contributed by atoms with Crippen LogP contribution in [0.3, 0.4) is 0 Å². The van der Waals surface area contributed by atoms with Crippen LogP contribution in [0.2, 0.25) is 0 Å². The number of carbonyl (C=O) groups excluding carboxylic acids is 2. The van der Waals surface area contributed by atoms with Crippen molar-refractivity contribution in [2.75, 3.05) is 19.5 Å². The summed E-state index contributed by atoms with van der Waals surface area (Å²) in [6.45, 7) is 4.43. The van der Waals surface area contributed by atoms with E-state index < -0.39 is 15.9 Å². The molecule has 0 aromatic carbocycles. The van der Waals surface area contributed by atoms with E-state index in [0.29, 0.717) is 17.1 Å². The highest BCUT2D eigenvalue weighted by molar-refractivity contribution is 7.90. The molecule has 6 aliphatic rings. The van der Waals surface area contributed by atoms with Crippen molar-refractivity contribution in [2.24, 2.45) is 40.4 Å². The number of sulfonamides is 1. The highest BCUT2D eigenvalue weighted by Gasteiger charge is 2.73. The molecular weight excluding hydrogens is 402 g/mol. The third kappa shape index (κ3) is 1.98. The van der Waals surface area contributed by atoms with Crippen molar-refractivity contribution in [3.63, 3.8) is 0 Å². The summed E-state index contributed by atoms with van der Waals surface area (Å²) in [7, 11) is -2.20. The number of ether oxygens (including phenoxy) is 1. The van der Waals surface area contributed by atoms with Gasteiger partial charge in [-0.1, -0.05) is 26.0 Å². The molecule has 1 spiro atoms. The molecule has 5 aliphatic carbocycles. The van der Waals surface area contributed by atoms with Crippen LogP contribution in [-0.2, 0) is 24.3 Å². The fourth-order valence-electron chi connectivity index (χ4n) is 8.35. The topological polar surface area (TPSA) is 80.8 Å². The number of amides is 1. The maximum absolute atomic E-state index is 14.0. The van der Waals surface area contributed by atoms with E-state index in [2.05, 4.69) is 26.0 Å². The van der Waals surface area contributed by atoms with Crippen LogP contribution in [0.15, 0.2) is 23.3 Å². The molecule has 4 bridgehead atoms. The van der Waals surface area contributed by atoms with Crippen LogP contribution in [0.5, 0.6) is 0 Å². The summed E-state index contributed by atoms with van der Waals surface area (Å²) in [6, 6.07) is -0.275. The van der Waals surface area contributed by atoms with Crippen molar-refractivity contribution in [3.05, 3.63) is 23.3 Å². The normalized spacial score (nSPS) is 46.2. The van der Waals surface area contributed by atoms with Gasteiger partial charge in [0.2, 0.25) is 10.0 Å². The van der Waals surface area contributed by atoms with Crippen LogP contribution >= 0.6 is 0 Å². The van der Waals surface area contributed by atoms with Crippen LogP contribution in [0.25, 0.3) is 0 Å². The first-order valence-corrected chi connectivity index (χ1v) is 12.8. The molecule has 0 unspecified atom stereocenters. The van der Waals surface area contributed by atoms with Gasteiger partial charge in [0.15, 0.2) is 5.78 Å². The molecule has 0 radical (unpaired) electrons. The summed E-state index contributed by atoms with van der Waals surface area (Å²) in [5, 5.41) is 0. The molecule has 30 heavy (non-hydrogen) atoms. The molecule has 7 atom stereocenters. The number of Topliss-reactive ketones (excluding diaryl/α,β-unsaturated/α-hetero) is 1. The van der Waals surface area contributed by atoms with Crippen molar-refractivity contribution in [3.8, 4) is 0 Å². The van der Waals surface area contributed by atoms with Gasteiger partial charge in [0.05, 0.1) is 18.4 Å². The van der Waals surface area contributed by atoms with Gasteiger partial charge in [-0.2, -0.15) is 0 Å². The first-order chi connectivity index (χ1) is 14.1. The van der Waals surface area contributed by atoms with Crippen molar-refractivity contribution in [1.82, 2.24) is 4.31 Å². The van der Waals surface area contributed by atoms with Gasteiger partial charge in [-0.05, 0) is 48.9 Å². The van der Waals surface area contributed by atoms with E-state index in [1.165, 1.54) is 11.4 Å². The zero-order chi connectivity index (χ0) is 21.2. The second-order valence-corrected chi connectivity index (χ2v) is 12.8. The van der Waals surface area contributed by atoms with Gasteiger partial charge in [-0.25, -0.2) is 12.7 Å². The van der Waals surface area contributed by atoms with E-state index in [9.17, 15) is 18.0 Å². The largest absolute Gasteiger partial charge is 0.380 e. The predicted octanol–water partition coefficient (Wildman–Crippen LogP) is 2.32. The van der Waals surface area contributed by atoms with Gasteiger partial charge < -0.3 is 4.74 Å². The minimum absolute atomic E-state index is 0.0124. The Balaban J connectivity index is 1.46. The van der Waals surface area contributed by atoms with Crippen molar-refractivity contribution in [2.45, 2.75) is 45.6 Å². The van der Waals surface area contributed by atoms with E-state index >= 15 is 0 Å². The Kier molecular flexibility index (Phi) is 3.63. The third-order valence-electron chi connectivity index (χ3n) is 9.85. The Morgan fingerprint density at radius 2 is 1.90 bits per heavy atom. The number of ketones is 1. The van der Waals surface area contributed by atoms with Crippen LogP contribution in [-0.4, -0.2) is 49.9 Å². The molecule has 0 N–H and O–H groups in total. The molecule has 0 aromatic heterocycles. The number of fused-ring (bicyclic) bond motifs is 6. The average molecular weight is 432 g/mol. The molecule has 7 heteroatoms. The Hall–Kier alpha value is -1.47. The molecule has 162 valence electrons. The summed E-state index contributed by atoms with van der Waals surface area (Å²) >= 11 is 0. The Morgan fingerprint density at radius 3 is 2.57 bits per heavy atom. The van der Waals surface area contributed by atoms with Gasteiger partial charge in [-0.15, -0.1) is 0 Å². The second kappa shape index (κ2) is 5.66. The van der Waals surface area contributed by atoms with Crippen LogP contribution in [0.4, 0.5) is 0 Å². The SMILES string of the molecule is COCC1=C(C(=O)N2[C@H]3C[C@@H]4CC[C@@]3(CS2(=O)=O)C4(C)C)[C@@H]2[C@H](C1=O)[C@H]1C=C[C@@H]2C1. The van der Waals surface area contributed by atoms with Crippen LogP contribution < -0.4 is 0 Å². The zero-order valence-corrected chi connectivity index (χ0v) is 18.6. The maximum atomic E-state index is 14.0. The van der Waals surface area contributed by atoms with E-state index in [4.69, 9.17) is 4.74 Å². The number of hydrogen-bond acceptors (Lipinski definition) is 5. The third-order valence-corrected chi connectivity index (χ3v) is 11.7. The second-order valence-electron chi connectivity index (χ2n) is 10.9. The molecule has 0 aromatic rings. The van der Waals surface area contributed by atoms with Crippen LogP contribution in [0, 0.1) is 40.4 Å². The zero-order valence-electron chi connectivity index (χ0n) is 17.8. The van der Waals surface area contributed by atoms with Gasteiger partial charge >= 0.3 is 0 Å². The van der Waals surface area contributed by atoms with Crippen molar-refractivity contribution in [1.29, 1.82) is 0 Å². The molecule has 3 saturated carbocycles. The summed E-state index contributed by atoms with van der Waals surface area (Å²) < 4.78 is 33.3. The molecule has 1 aliphatic heterocycles. The van der Waals surface area contributed by atoms with E-state index in [-0.39, 0.29) is 58.7 Å². The number of allylic oxidation sites excluding steroid dienone is 2. The fourth-order valence-corrected chi connectivity index (χ4v) is 10.9. The van der Waals surface area contributed by atoms with E-state index in [1.54, 1.807) is 0 Å². The molecule has 1 saturated heterocycles. The lowest BCUT2D eigenvalue weighted by atomic mass is 9.69. The maximum Gasteiger partial charge on any atom is 0.264 e. The van der Waals surface area contributed by atoms with Gasteiger partial charge in [-0.3, -0.25) is 9.59 Å². The first kappa shape index (κ1) is 19.2. The molecule has 1 heterocycles. The van der Waals surface area contributed by atoms with Gasteiger partial charge in [0, 0.05) is 35.5 Å². The van der Waals surface area contributed by atoms with E-state index in [1.807, 2.05) is 0 Å². The Morgan fingerprint density at radius 1 is 1.20 bits per heavy atom. The number of methoxy groups -OCH3 is 1. The molecular formula is C23H29NO5S. The summed E-state index contributed by atoms with van der Waals surface area (Å²) in [5.74, 6) is -0.0513. The summed E-state index contributed by atoms with van der Waals surface area (Å²) in [5.41, 5.74) is 0.400. The predicted molar refractivity (Wildman–Crippen MR) is 110 cm³/mol. The summed E-state index contributed by atoms with van der Waals surface area (Å²) in [4.78, 5) is 27.2. The summed E-state index contributed by atoms with van der Waals surface area (Å²) in [6.07, 6.45) is 7.74. The molecule has 4 fully saturated rings. The number of carbonyl (C=O) groups is 2. The molecule has 6 rings (SSSR count). The lowest BCUT2D eigenvalue weighted by molar-refractivity contribution is -0.125. The smallest absolute Gasteiger partial charge is 0.264 e. The van der Waals surface area contributed by atoms with Crippen molar-refractivity contribution >= 4 is 21.7 Å². The fraction of sp³-hybridized carbons (Fsp3) is 0.739. The Labute approximate surface area is 177 Å². The lowest BCUT2D eigenvalue weighted by Gasteiger charge is -2.37. The van der Waals surface area contributed by atoms with Crippen LogP contribution in [0.1, 0.15) is 39.5 Å². The Bertz CT molecular complexity index is 1040. The number of rotatable bonds is 3. The first-order valence-electron chi connectivity index (χ1n) is 11.1. The van der Waals surface area contributed by atoms with Gasteiger partial charge in [0.1, 0.15) is 0 Å². The molecule has 1 amide bonds. The monoisotopic (exact) mass is 431 g/mol. The van der Waals surface area contributed by atoms with E-state index in [0.717, 1.165) is 25.7 Å². The highest BCUT2D eigenvalue weighted by Crippen LogP contribution is 2.70. The minimum atomic E-state index is -3.72. The molecule has 6 nitrogen and oxygen atoms in total. The van der Waals surface area contributed by atoms with Gasteiger partial charge in [0.25, 0.3) is 5.91 Å².